The maximum atomic E-state index is 5.38. The lowest BCUT2D eigenvalue weighted by molar-refractivity contribution is 0.398. The second-order valence-corrected chi connectivity index (χ2v) is 3.96. The first-order valence-electron chi connectivity index (χ1n) is 5.98. The Morgan fingerprint density at radius 3 is 2.83 bits per heavy atom. The zero-order valence-corrected chi connectivity index (χ0v) is 10.9. The van der Waals surface area contributed by atoms with Crippen LogP contribution in [-0.2, 0) is 7.05 Å². The third-order valence-electron chi connectivity index (χ3n) is 2.86. The predicted molar refractivity (Wildman–Crippen MR) is 69.5 cm³/mol. The van der Waals surface area contributed by atoms with Gasteiger partial charge in [0.2, 0.25) is 0 Å². The molecule has 1 unspecified atom stereocenters. The van der Waals surface area contributed by atoms with Crippen LogP contribution in [0.1, 0.15) is 24.4 Å². The number of aromatic nitrogens is 3. The molecule has 0 spiro atoms. The van der Waals surface area contributed by atoms with Crippen molar-refractivity contribution in [1.29, 1.82) is 0 Å². The first-order valence-corrected chi connectivity index (χ1v) is 5.98. The van der Waals surface area contributed by atoms with Crippen LogP contribution in [0.15, 0.2) is 30.6 Å². The van der Waals surface area contributed by atoms with Crippen molar-refractivity contribution < 1.29 is 4.74 Å². The molecule has 2 aromatic rings. The molecule has 2 heterocycles. The van der Waals surface area contributed by atoms with E-state index >= 15 is 0 Å². The minimum atomic E-state index is -0.0151. The standard InChI is InChI=1S/C13H18N4O/c1-4-14-12(10-7-9-16-17(10)2)13-11(18-3)6-5-8-15-13/h5-9,12,14H,4H2,1-3H3. The van der Waals surface area contributed by atoms with Gasteiger partial charge in [0.05, 0.1) is 18.8 Å². The van der Waals surface area contributed by atoms with E-state index in [1.165, 1.54) is 0 Å². The molecular weight excluding hydrogens is 228 g/mol. The van der Waals surface area contributed by atoms with Crippen molar-refractivity contribution in [3.05, 3.63) is 42.0 Å². The number of ether oxygens (including phenoxy) is 1. The minimum Gasteiger partial charge on any atom is -0.495 e. The molecule has 0 aliphatic heterocycles. The fourth-order valence-electron chi connectivity index (χ4n) is 2.00. The quantitative estimate of drug-likeness (QED) is 0.869. The van der Waals surface area contributed by atoms with E-state index in [9.17, 15) is 0 Å². The average molecular weight is 246 g/mol. The summed E-state index contributed by atoms with van der Waals surface area (Å²) in [7, 11) is 3.59. The van der Waals surface area contributed by atoms with Gasteiger partial charge in [0.1, 0.15) is 11.4 Å². The molecule has 0 radical (unpaired) electrons. The van der Waals surface area contributed by atoms with Crippen LogP contribution in [0.5, 0.6) is 5.75 Å². The Balaban J connectivity index is 2.45. The Hall–Kier alpha value is -1.88. The van der Waals surface area contributed by atoms with Crippen LogP contribution in [0.4, 0.5) is 0 Å². The van der Waals surface area contributed by atoms with Crippen molar-refractivity contribution in [2.24, 2.45) is 7.05 Å². The summed E-state index contributed by atoms with van der Waals surface area (Å²) >= 11 is 0. The van der Waals surface area contributed by atoms with Crippen LogP contribution in [0, 0.1) is 0 Å². The number of rotatable bonds is 5. The summed E-state index contributed by atoms with van der Waals surface area (Å²) in [6, 6.07) is 5.76. The maximum Gasteiger partial charge on any atom is 0.142 e. The predicted octanol–water partition coefficient (Wildman–Crippen LogP) is 1.52. The van der Waals surface area contributed by atoms with E-state index in [0.29, 0.717) is 0 Å². The maximum absolute atomic E-state index is 5.38. The minimum absolute atomic E-state index is 0.0151. The lowest BCUT2D eigenvalue weighted by Gasteiger charge is -2.19. The van der Waals surface area contributed by atoms with Crippen LogP contribution >= 0.6 is 0 Å². The molecule has 18 heavy (non-hydrogen) atoms. The highest BCUT2D eigenvalue weighted by atomic mass is 16.5. The Morgan fingerprint density at radius 2 is 2.22 bits per heavy atom. The first-order chi connectivity index (χ1) is 8.77. The van der Waals surface area contributed by atoms with E-state index in [2.05, 4.69) is 22.3 Å². The third-order valence-corrected chi connectivity index (χ3v) is 2.86. The van der Waals surface area contributed by atoms with E-state index in [-0.39, 0.29) is 6.04 Å². The van der Waals surface area contributed by atoms with Crippen LogP contribution in [0.2, 0.25) is 0 Å². The van der Waals surface area contributed by atoms with Gasteiger partial charge >= 0.3 is 0 Å². The molecule has 5 nitrogen and oxygen atoms in total. The molecular formula is C13H18N4O. The van der Waals surface area contributed by atoms with Gasteiger partial charge in [-0.25, -0.2) is 0 Å². The summed E-state index contributed by atoms with van der Waals surface area (Å²) < 4.78 is 7.23. The smallest absolute Gasteiger partial charge is 0.142 e. The molecule has 0 bridgehead atoms. The van der Waals surface area contributed by atoms with E-state index in [1.807, 2.05) is 29.9 Å². The molecule has 0 amide bonds. The molecule has 96 valence electrons. The monoisotopic (exact) mass is 246 g/mol. The summed E-state index contributed by atoms with van der Waals surface area (Å²) in [5.41, 5.74) is 1.94. The first kappa shape index (κ1) is 12.6. The Labute approximate surface area is 107 Å². The highest BCUT2D eigenvalue weighted by molar-refractivity contribution is 5.34. The third kappa shape index (κ3) is 2.36. The second-order valence-electron chi connectivity index (χ2n) is 3.96. The lowest BCUT2D eigenvalue weighted by atomic mass is 10.1. The van der Waals surface area contributed by atoms with E-state index < -0.39 is 0 Å². The molecule has 2 aromatic heterocycles. The van der Waals surface area contributed by atoms with Gasteiger partial charge in [0.25, 0.3) is 0 Å². The number of aryl methyl sites for hydroxylation is 1. The zero-order valence-electron chi connectivity index (χ0n) is 10.9. The molecule has 0 fully saturated rings. The van der Waals surface area contributed by atoms with Gasteiger partial charge in [0, 0.05) is 19.4 Å². The normalized spacial score (nSPS) is 12.4. The fourth-order valence-corrected chi connectivity index (χ4v) is 2.00. The van der Waals surface area contributed by atoms with Crippen LogP contribution in [-0.4, -0.2) is 28.4 Å². The number of pyridine rings is 1. The Kier molecular flexibility index (Phi) is 3.94. The molecule has 0 aliphatic rings. The van der Waals surface area contributed by atoms with Gasteiger partial charge in [-0.2, -0.15) is 5.10 Å². The van der Waals surface area contributed by atoms with E-state index in [0.717, 1.165) is 23.7 Å². The largest absolute Gasteiger partial charge is 0.495 e. The average Bonchev–Trinajstić information content (AvgIpc) is 2.82. The van der Waals surface area contributed by atoms with Crippen molar-refractivity contribution in [3.8, 4) is 5.75 Å². The summed E-state index contributed by atoms with van der Waals surface area (Å²) in [5, 5.41) is 7.62. The summed E-state index contributed by atoms with van der Waals surface area (Å²) in [5.74, 6) is 0.782. The fraction of sp³-hybridized carbons (Fsp3) is 0.385. The van der Waals surface area contributed by atoms with Crippen molar-refractivity contribution in [3.63, 3.8) is 0 Å². The van der Waals surface area contributed by atoms with Gasteiger partial charge in [0.15, 0.2) is 0 Å². The van der Waals surface area contributed by atoms with Crippen LogP contribution in [0.25, 0.3) is 0 Å². The number of nitrogens with one attached hydrogen (secondary N) is 1. The molecule has 0 saturated heterocycles. The Bertz CT molecular complexity index is 509. The molecule has 2 rings (SSSR count). The van der Waals surface area contributed by atoms with Crippen molar-refractivity contribution in [2.75, 3.05) is 13.7 Å². The Morgan fingerprint density at radius 1 is 1.39 bits per heavy atom. The van der Waals surface area contributed by atoms with Crippen molar-refractivity contribution >= 4 is 0 Å². The molecule has 5 heteroatoms. The van der Waals surface area contributed by atoms with Crippen LogP contribution < -0.4 is 10.1 Å². The van der Waals surface area contributed by atoms with Gasteiger partial charge in [-0.3, -0.25) is 9.67 Å². The van der Waals surface area contributed by atoms with E-state index in [1.54, 1.807) is 19.5 Å². The van der Waals surface area contributed by atoms with E-state index in [4.69, 9.17) is 4.74 Å². The number of nitrogens with zero attached hydrogens (tertiary/aromatic N) is 3. The molecule has 0 saturated carbocycles. The number of hydrogen-bond donors (Lipinski definition) is 1. The van der Waals surface area contributed by atoms with Crippen molar-refractivity contribution in [1.82, 2.24) is 20.1 Å². The SMILES string of the molecule is CCNC(c1ncccc1OC)c1ccnn1C. The van der Waals surface area contributed by atoms with Gasteiger partial charge in [-0.1, -0.05) is 6.92 Å². The molecule has 0 aliphatic carbocycles. The lowest BCUT2D eigenvalue weighted by Crippen LogP contribution is -2.25. The number of hydrogen-bond acceptors (Lipinski definition) is 4. The highest BCUT2D eigenvalue weighted by Crippen LogP contribution is 2.27. The molecule has 1 atom stereocenters. The van der Waals surface area contributed by atoms with Crippen LogP contribution in [0.3, 0.4) is 0 Å². The van der Waals surface area contributed by atoms with Gasteiger partial charge < -0.3 is 10.1 Å². The van der Waals surface area contributed by atoms with Gasteiger partial charge in [-0.05, 0) is 24.7 Å². The zero-order chi connectivity index (χ0) is 13.0. The highest BCUT2D eigenvalue weighted by Gasteiger charge is 2.21. The second kappa shape index (κ2) is 5.64. The topological polar surface area (TPSA) is 52.0 Å². The summed E-state index contributed by atoms with van der Waals surface area (Å²) in [6.45, 7) is 2.91. The summed E-state index contributed by atoms with van der Waals surface area (Å²) in [4.78, 5) is 4.44. The molecule has 1 N–H and O–H groups in total. The number of methoxy groups -OCH3 is 1. The van der Waals surface area contributed by atoms with Crippen molar-refractivity contribution in [2.45, 2.75) is 13.0 Å². The summed E-state index contributed by atoms with van der Waals surface area (Å²) in [6.07, 6.45) is 3.56. The van der Waals surface area contributed by atoms with Gasteiger partial charge in [-0.15, -0.1) is 0 Å². The molecule has 0 aromatic carbocycles.